The van der Waals surface area contributed by atoms with Gasteiger partial charge in [-0.3, -0.25) is 14.4 Å². The minimum absolute atomic E-state index is 0.0189. The van der Waals surface area contributed by atoms with E-state index in [0.29, 0.717) is 24.8 Å². The summed E-state index contributed by atoms with van der Waals surface area (Å²) in [5.41, 5.74) is 1.61. The van der Waals surface area contributed by atoms with Gasteiger partial charge < -0.3 is 5.11 Å². The first kappa shape index (κ1) is 28.6. The number of allylic oxidation sites excluding steroid dienone is 7. The molecule has 3 rings (SSSR count). The summed E-state index contributed by atoms with van der Waals surface area (Å²) >= 11 is 0. The molecule has 0 aliphatic heterocycles. The summed E-state index contributed by atoms with van der Waals surface area (Å²) in [6.45, 7) is 14.1. The zero-order chi connectivity index (χ0) is 27.5. The molecule has 2 aliphatic carbocycles. The molecule has 2 aliphatic rings. The van der Waals surface area contributed by atoms with Gasteiger partial charge in [0.25, 0.3) is 0 Å². The number of aliphatic hydroxyl groups excluding tert-OH is 1. The first-order valence-electron chi connectivity index (χ1n) is 13.4. The molecule has 1 unspecified atom stereocenters. The Morgan fingerprint density at radius 2 is 1.51 bits per heavy atom. The smallest absolute Gasteiger partial charge is 0.184 e. The van der Waals surface area contributed by atoms with E-state index in [1.165, 1.54) is 11.1 Å². The summed E-state index contributed by atoms with van der Waals surface area (Å²) in [5.74, 6) is -2.61. The van der Waals surface area contributed by atoms with Crippen LogP contribution in [-0.4, -0.2) is 22.5 Å². The number of carbonyl (C=O) groups is 3. The Labute approximate surface area is 222 Å². The molecule has 0 aromatic heterocycles. The van der Waals surface area contributed by atoms with E-state index < -0.39 is 28.3 Å². The molecular formula is C33H42O4. The Morgan fingerprint density at radius 1 is 0.919 bits per heavy atom. The molecule has 1 aromatic rings. The molecule has 1 N–H and O–H groups in total. The van der Waals surface area contributed by atoms with Crippen molar-refractivity contribution in [3.8, 4) is 0 Å². The summed E-state index contributed by atoms with van der Waals surface area (Å²) < 4.78 is 0. The predicted molar refractivity (Wildman–Crippen MR) is 150 cm³/mol. The van der Waals surface area contributed by atoms with Crippen molar-refractivity contribution in [1.29, 1.82) is 0 Å². The van der Waals surface area contributed by atoms with Crippen molar-refractivity contribution in [3.63, 3.8) is 0 Å². The molecule has 198 valence electrons. The monoisotopic (exact) mass is 502 g/mol. The number of hydrogen-bond acceptors (Lipinski definition) is 4. The van der Waals surface area contributed by atoms with Crippen molar-refractivity contribution >= 4 is 23.1 Å². The Morgan fingerprint density at radius 3 is 2.08 bits per heavy atom. The third-order valence-electron chi connectivity index (χ3n) is 8.28. The lowest BCUT2D eigenvalue weighted by Crippen LogP contribution is -2.63. The quantitative estimate of drug-likeness (QED) is 0.130. The van der Waals surface area contributed by atoms with Crippen molar-refractivity contribution in [1.82, 2.24) is 0 Å². The highest BCUT2D eigenvalue weighted by Crippen LogP contribution is 2.60. The maximum atomic E-state index is 14.3. The number of fused-ring (bicyclic) bond motifs is 2. The van der Waals surface area contributed by atoms with Crippen LogP contribution in [0.3, 0.4) is 0 Å². The summed E-state index contributed by atoms with van der Waals surface area (Å²) in [7, 11) is 0. The number of Topliss-reactive ketones (excluding diaryl/α,β-unsaturated/α-hetero) is 3. The van der Waals surface area contributed by atoms with Crippen LogP contribution in [0.4, 0.5) is 0 Å². The summed E-state index contributed by atoms with van der Waals surface area (Å²) in [5, 5.41) is 11.3. The second-order valence-electron chi connectivity index (χ2n) is 11.9. The van der Waals surface area contributed by atoms with Crippen molar-refractivity contribution < 1.29 is 19.5 Å². The summed E-state index contributed by atoms with van der Waals surface area (Å²) in [6.07, 6.45) is 8.98. The van der Waals surface area contributed by atoms with Crippen molar-refractivity contribution in [2.75, 3.05) is 0 Å². The first-order chi connectivity index (χ1) is 17.3. The van der Waals surface area contributed by atoms with Gasteiger partial charge in [-0.1, -0.05) is 72.2 Å². The molecule has 0 radical (unpaired) electrons. The largest absolute Gasteiger partial charge is 0.506 e. The van der Waals surface area contributed by atoms with Gasteiger partial charge in [0.1, 0.15) is 11.3 Å². The van der Waals surface area contributed by atoms with Gasteiger partial charge in [-0.2, -0.15) is 0 Å². The van der Waals surface area contributed by atoms with E-state index in [2.05, 4.69) is 12.2 Å². The van der Waals surface area contributed by atoms with E-state index in [0.717, 1.165) is 12.0 Å². The fourth-order valence-corrected chi connectivity index (χ4v) is 6.05. The van der Waals surface area contributed by atoms with Gasteiger partial charge in [0.2, 0.25) is 0 Å². The topological polar surface area (TPSA) is 71.4 Å². The van der Waals surface area contributed by atoms with E-state index in [-0.39, 0.29) is 29.5 Å². The Bertz CT molecular complexity index is 1180. The van der Waals surface area contributed by atoms with Gasteiger partial charge >= 0.3 is 0 Å². The summed E-state index contributed by atoms with van der Waals surface area (Å²) in [4.78, 5) is 42.6. The van der Waals surface area contributed by atoms with Crippen LogP contribution in [-0.2, 0) is 14.4 Å². The Kier molecular flexibility index (Phi) is 8.62. The highest BCUT2D eigenvalue weighted by molar-refractivity contribution is 6.39. The lowest BCUT2D eigenvalue weighted by molar-refractivity contribution is -0.163. The number of aliphatic hydroxyl groups is 1. The number of hydrogen-bond donors (Lipinski definition) is 1. The fraction of sp³-hybridized carbons (Fsp3) is 0.485. The van der Waals surface area contributed by atoms with Crippen LogP contribution in [0.25, 0.3) is 5.76 Å². The van der Waals surface area contributed by atoms with Gasteiger partial charge in [-0.05, 0) is 85.0 Å². The molecule has 37 heavy (non-hydrogen) atoms. The third kappa shape index (κ3) is 5.49. The van der Waals surface area contributed by atoms with E-state index >= 15 is 0 Å². The van der Waals surface area contributed by atoms with Gasteiger partial charge in [0.05, 0.1) is 11.3 Å². The minimum Gasteiger partial charge on any atom is -0.506 e. The molecule has 0 heterocycles. The van der Waals surface area contributed by atoms with Crippen LogP contribution in [0.1, 0.15) is 86.1 Å². The zero-order valence-electron chi connectivity index (χ0n) is 23.5. The average molecular weight is 503 g/mol. The molecule has 4 atom stereocenters. The van der Waals surface area contributed by atoms with Gasteiger partial charge in [-0.25, -0.2) is 0 Å². The second kappa shape index (κ2) is 11.2. The predicted octanol–water partition coefficient (Wildman–Crippen LogP) is 7.76. The lowest BCUT2D eigenvalue weighted by Gasteiger charge is -2.55. The molecule has 0 spiro atoms. The second-order valence-corrected chi connectivity index (χ2v) is 11.9. The zero-order valence-corrected chi connectivity index (χ0v) is 23.5. The van der Waals surface area contributed by atoms with E-state index in [9.17, 15) is 19.5 Å². The van der Waals surface area contributed by atoms with Crippen LogP contribution in [0.15, 0.2) is 70.9 Å². The maximum absolute atomic E-state index is 14.3. The van der Waals surface area contributed by atoms with Crippen molar-refractivity contribution in [3.05, 3.63) is 76.4 Å². The van der Waals surface area contributed by atoms with Crippen LogP contribution in [0, 0.1) is 22.7 Å². The van der Waals surface area contributed by atoms with Crippen LogP contribution >= 0.6 is 0 Å². The Balaban J connectivity index is 2.27. The fourth-order valence-electron chi connectivity index (χ4n) is 6.05. The van der Waals surface area contributed by atoms with Crippen LogP contribution in [0.5, 0.6) is 0 Å². The highest BCUT2D eigenvalue weighted by atomic mass is 16.3. The molecular weight excluding hydrogens is 460 g/mol. The molecule has 0 amide bonds. The van der Waals surface area contributed by atoms with Crippen molar-refractivity contribution in [2.24, 2.45) is 22.7 Å². The SMILES string of the molecule is CC(C)=CCC[C@@]1(C)C2C(=O)/C(=C(/O)c3ccccc3)C(=O)[C@](CC=C(C)C)(C[C@@H]1CC=C(C)C)C2=O. The van der Waals surface area contributed by atoms with Gasteiger partial charge in [0.15, 0.2) is 17.3 Å². The molecule has 2 fully saturated rings. The molecule has 4 heteroatoms. The number of ketones is 3. The molecule has 0 saturated heterocycles. The number of benzene rings is 1. The standard InChI is InChI=1S/C33H42O4/c1-21(2)12-11-18-32(7)25(16-15-22(3)4)20-33(19-17-23(5)6)30(36)26(29(35)27(32)31(33)37)28(34)24-13-9-8-10-14-24/h8-10,12-15,17,25,27,34H,11,16,18-20H2,1-7H3/b28-26-/t25-,27?,32+,33-/m0/s1. The highest BCUT2D eigenvalue weighted by Gasteiger charge is 2.67. The maximum Gasteiger partial charge on any atom is 0.184 e. The van der Waals surface area contributed by atoms with E-state index in [1.54, 1.807) is 24.3 Å². The molecule has 1 aromatic carbocycles. The van der Waals surface area contributed by atoms with Gasteiger partial charge in [-0.15, -0.1) is 0 Å². The minimum atomic E-state index is -1.34. The van der Waals surface area contributed by atoms with Gasteiger partial charge in [0, 0.05) is 5.56 Å². The molecule has 2 saturated carbocycles. The molecule has 4 nitrogen and oxygen atoms in total. The van der Waals surface area contributed by atoms with Crippen LogP contribution < -0.4 is 0 Å². The number of carbonyl (C=O) groups excluding carboxylic acids is 3. The lowest BCUT2D eigenvalue weighted by atomic mass is 9.44. The third-order valence-corrected chi connectivity index (χ3v) is 8.28. The number of rotatable bonds is 8. The first-order valence-corrected chi connectivity index (χ1v) is 13.4. The van der Waals surface area contributed by atoms with E-state index in [4.69, 9.17) is 0 Å². The summed E-state index contributed by atoms with van der Waals surface area (Å²) in [6, 6.07) is 8.70. The van der Waals surface area contributed by atoms with E-state index in [1.807, 2.05) is 60.6 Å². The molecule has 2 bridgehead atoms. The average Bonchev–Trinajstić information content (AvgIpc) is 2.82. The van der Waals surface area contributed by atoms with Crippen molar-refractivity contribution in [2.45, 2.75) is 80.6 Å². The van der Waals surface area contributed by atoms with Crippen LogP contribution in [0.2, 0.25) is 0 Å². The Hall–Kier alpha value is -3.01. The normalized spacial score (nSPS) is 28.5.